The topological polar surface area (TPSA) is 26.3 Å². The highest BCUT2D eigenvalue weighted by Gasteiger charge is 2.15. The molecule has 100 valence electrons. The van der Waals surface area contributed by atoms with Crippen LogP contribution in [0.15, 0.2) is 24.3 Å². The van der Waals surface area contributed by atoms with Crippen LogP contribution < -0.4 is 0 Å². The van der Waals surface area contributed by atoms with E-state index in [1.165, 1.54) is 0 Å². The average molecular weight is 287 g/mol. The van der Waals surface area contributed by atoms with Gasteiger partial charge < -0.3 is 4.74 Å². The summed E-state index contributed by atoms with van der Waals surface area (Å²) in [5.41, 5.74) is 0.707. The summed E-state index contributed by atoms with van der Waals surface area (Å²) >= 11 is 7.74. The summed E-state index contributed by atoms with van der Waals surface area (Å²) in [7, 11) is 0. The standard InChI is InChI=1S/C14H19ClO2S/c1-14(2,3)17-13(16)8-9-18-10-11-6-4-5-7-12(11)15/h4-7H,8-10H2,1-3H3. The molecule has 4 heteroatoms. The molecule has 0 radical (unpaired) electrons. The molecular weight excluding hydrogens is 268 g/mol. The number of carbonyl (C=O) groups excluding carboxylic acids is 1. The van der Waals surface area contributed by atoms with Gasteiger partial charge >= 0.3 is 5.97 Å². The highest BCUT2D eigenvalue weighted by molar-refractivity contribution is 7.98. The van der Waals surface area contributed by atoms with Gasteiger partial charge in [-0.05, 0) is 32.4 Å². The maximum Gasteiger partial charge on any atom is 0.307 e. The van der Waals surface area contributed by atoms with Crippen LogP contribution in [0.5, 0.6) is 0 Å². The quantitative estimate of drug-likeness (QED) is 0.596. The molecule has 0 aliphatic carbocycles. The highest BCUT2D eigenvalue weighted by atomic mass is 35.5. The van der Waals surface area contributed by atoms with Crippen LogP contribution in [0.25, 0.3) is 0 Å². The van der Waals surface area contributed by atoms with Gasteiger partial charge in [0.1, 0.15) is 5.60 Å². The van der Waals surface area contributed by atoms with Crippen molar-refractivity contribution in [1.82, 2.24) is 0 Å². The van der Waals surface area contributed by atoms with E-state index in [0.717, 1.165) is 22.1 Å². The molecule has 0 amide bonds. The van der Waals surface area contributed by atoms with Gasteiger partial charge in [0, 0.05) is 16.5 Å². The Hall–Kier alpha value is -0.670. The van der Waals surface area contributed by atoms with Crippen molar-refractivity contribution in [3.8, 4) is 0 Å². The zero-order valence-electron chi connectivity index (χ0n) is 11.0. The molecule has 0 aliphatic rings. The maximum absolute atomic E-state index is 11.5. The van der Waals surface area contributed by atoms with E-state index >= 15 is 0 Å². The molecule has 1 aromatic rings. The van der Waals surface area contributed by atoms with Crippen molar-refractivity contribution in [3.05, 3.63) is 34.9 Å². The molecule has 0 fully saturated rings. The van der Waals surface area contributed by atoms with Crippen LogP contribution in [0.1, 0.15) is 32.8 Å². The van der Waals surface area contributed by atoms with E-state index in [0.29, 0.717) is 6.42 Å². The van der Waals surface area contributed by atoms with E-state index in [1.54, 1.807) is 11.8 Å². The predicted octanol–water partition coefficient (Wildman–Crippen LogP) is 4.31. The van der Waals surface area contributed by atoms with Crippen molar-refractivity contribution in [2.24, 2.45) is 0 Å². The molecule has 0 saturated carbocycles. The number of hydrogen-bond acceptors (Lipinski definition) is 3. The number of ether oxygens (including phenoxy) is 1. The third-order valence-electron chi connectivity index (χ3n) is 2.09. The Labute approximate surface area is 118 Å². The SMILES string of the molecule is CC(C)(C)OC(=O)CCSCc1ccccc1Cl. The summed E-state index contributed by atoms with van der Waals surface area (Å²) in [5.74, 6) is 1.43. The molecule has 1 aromatic carbocycles. The number of carbonyl (C=O) groups is 1. The van der Waals surface area contributed by atoms with Crippen LogP contribution in [0.3, 0.4) is 0 Å². The van der Waals surface area contributed by atoms with Gasteiger partial charge in [-0.15, -0.1) is 0 Å². The van der Waals surface area contributed by atoms with Crippen LogP contribution in [0.4, 0.5) is 0 Å². The van der Waals surface area contributed by atoms with Crippen LogP contribution in [0.2, 0.25) is 5.02 Å². The lowest BCUT2D eigenvalue weighted by Crippen LogP contribution is -2.24. The van der Waals surface area contributed by atoms with Gasteiger partial charge in [0.05, 0.1) is 6.42 Å². The number of esters is 1. The van der Waals surface area contributed by atoms with Crippen molar-refractivity contribution in [1.29, 1.82) is 0 Å². The minimum atomic E-state index is -0.398. The summed E-state index contributed by atoms with van der Waals surface area (Å²) in [5, 5.41) is 0.780. The fourth-order valence-corrected chi connectivity index (χ4v) is 2.55. The summed E-state index contributed by atoms with van der Waals surface area (Å²) < 4.78 is 5.24. The Kier molecular flexibility index (Phi) is 6.03. The number of rotatable bonds is 5. The van der Waals surface area contributed by atoms with E-state index in [-0.39, 0.29) is 5.97 Å². The molecule has 0 heterocycles. The van der Waals surface area contributed by atoms with Crippen molar-refractivity contribution >= 4 is 29.3 Å². The first-order chi connectivity index (χ1) is 8.38. The molecule has 0 spiro atoms. The first-order valence-electron chi connectivity index (χ1n) is 5.91. The van der Waals surface area contributed by atoms with Gasteiger partial charge in [-0.25, -0.2) is 0 Å². The molecule has 0 aliphatic heterocycles. The predicted molar refractivity (Wildman–Crippen MR) is 78.1 cm³/mol. The normalized spacial score (nSPS) is 11.3. The smallest absolute Gasteiger partial charge is 0.307 e. The summed E-state index contributed by atoms with van der Waals surface area (Å²) in [6.07, 6.45) is 0.437. The van der Waals surface area contributed by atoms with Crippen molar-refractivity contribution in [3.63, 3.8) is 0 Å². The zero-order valence-corrected chi connectivity index (χ0v) is 12.6. The third-order valence-corrected chi connectivity index (χ3v) is 3.46. The Morgan fingerprint density at radius 1 is 1.33 bits per heavy atom. The van der Waals surface area contributed by atoms with Gasteiger partial charge in [-0.1, -0.05) is 29.8 Å². The minimum absolute atomic E-state index is 0.144. The first kappa shape index (κ1) is 15.4. The Morgan fingerprint density at radius 2 is 2.00 bits per heavy atom. The molecule has 0 bridgehead atoms. The second-order valence-corrected chi connectivity index (χ2v) is 6.49. The average Bonchev–Trinajstić information content (AvgIpc) is 2.24. The molecular formula is C14H19ClO2S. The Morgan fingerprint density at radius 3 is 2.61 bits per heavy atom. The second-order valence-electron chi connectivity index (χ2n) is 4.98. The number of hydrogen-bond donors (Lipinski definition) is 0. The van der Waals surface area contributed by atoms with Crippen LogP contribution >= 0.6 is 23.4 Å². The van der Waals surface area contributed by atoms with E-state index < -0.39 is 5.60 Å². The molecule has 18 heavy (non-hydrogen) atoms. The van der Waals surface area contributed by atoms with E-state index in [4.69, 9.17) is 16.3 Å². The van der Waals surface area contributed by atoms with Crippen LogP contribution in [-0.2, 0) is 15.3 Å². The molecule has 0 unspecified atom stereocenters. The monoisotopic (exact) mass is 286 g/mol. The van der Waals surface area contributed by atoms with Crippen molar-refractivity contribution in [2.75, 3.05) is 5.75 Å². The molecule has 0 N–H and O–H groups in total. The van der Waals surface area contributed by atoms with Gasteiger partial charge in [-0.3, -0.25) is 4.79 Å². The molecule has 1 rings (SSSR count). The van der Waals surface area contributed by atoms with Gasteiger partial charge in [0.2, 0.25) is 0 Å². The Balaban J connectivity index is 2.23. The number of benzene rings is 1. The first-order valence-corrected chi connectivity index (χ1v) is 7.45. The van der Waals surface area contributed by atoms with Crippen LogP contribution in [-0.4, -0.2) is 17.3 Å². The fraction of sp³-hybridized carbons (Fsp3) is 0.500. The van der Waals surface area contributed by atoms with E-state index in [9.17, 15) is 4.79 Å². The molecule has 0 atom stereocenters. The zero-order chi connectivity index (χ0) is 13.6. The maximum atomic E-state index is 11.5. The Bertz CT molecular complexity index is 399. The van der Waals surface area contributed by atoms with Crippen molar-refractivity contribution < 1.29 is 9.53 Å². The lowest BCUT2D eigenvalue weighted by molar-refractivity contribution is -0.154. The second kappa shape index (κ2) is 7.05. The van der Waals surface area contributed by atoms with Gasteiger partial charge in [0.15, 0.2) is 0 Å². The summed E-state index contributed by atoms with van der Waals surface area (Å²) in [6, 6.07) is 7.76. The highest BCUT2D eigenvalue weighted by Crippen LogP contribution is 2.21. The number of halogens is 1. The van der Waals surface area contributed by atoms with Crippen molar-refractivity contribution in [2.45, 2.75) is 38.5 Å². The van der Waals surface area contributed by atoms with Crippen LogP contribution in [0, 0.1) is 0 Å². The van der Waals surface area contributed by atoms with Gasteiger partial charge in [-0.2, -0.15) is 11.8 Å². The number of thioether (sulfide) groups is 1. The largest absolute Gasteiger partial charge is 0.460 e. The van der Waals surface area contributed by atoms with Gasteiger partial charge in [0.25, 0.3) is 0 Å². The summed E-state index contributed by atoms with van der Waals surface area (Å²) in [4.78, 5) is 11.5. The van der Waals surface area contributed by atoms with E-state index in [1.807, 2.05) is 45.0 Å². The molecule has 2 nitrogen and oxygen atoms in total. The molecule has 0 saturated heterocycles. The van der Waals surface area contributed by atoms with E-state index in [2.05, 4.69) is 0 Å². The fourth-order valence-electron chi connectivity index (χ4n) is 1.35. The lowest BCUT2D eigenvalue weighted by Gasteiger charge is -2.19. The third kappa shape index (κ3) is 6.31. The minimum Gasteiger partial charge on any atom is -0.460 e. The summed E-state index contributed by atoms with van der Waals surface area (Å²) in [6.45, 7) is 5.63. The lowest BCUT2D eigenvalue weighted by atomic mass is 10.2. The molecule has 0 aromatic heterocycles.